The first-order chi connectivity index (χ1) is 13.4. The Morgan fingerprint density at radius 1 is 1.14 bits per heavy atom. The molecular weight excluding hydrogens is 380 g/mol. The van der Waals surface area contributed by atoms with E-state index in [1.165, 1.54) is 13.1 Å². The van der Waals surface area contributed by atoms with Gasteiger partial charge < -0.3 is 10.1 Å². The number of rotatable bonds is 5. The molecule has 0 saturated heterocycles. The van der Waals surface area contributed by atoms with Crippen molar-refractivity contribution >= 4 is 29.2 Å². The van der Waals surface area contributed by atoms with Gasteiger partial charge in [-0.05, 0) is 45.0 Å². The Labute approximate surface area is 167 Å². The van der Waals surface area contributed by atoms with E-state index in [2.05, 4.69) is 15.4 Å². The minimum Gasteiger partial charge on any atom is -0.449 e. The zero-order valence-corrected chi connectivity index (χ0v) is 16.4. The molecule has 8 heteroatoms. The van der Waals surface area contributed by atoms with Gasteiger partial charge in [0.2, 0.25) is 0 Å². The number of nitrogens with one attached hydrogen (secondary N) is 1. The van der Waals surface area contributed by atoms with E-state index in [0.717, 1.165) is 5.69 Å². The molecule has 28 heavy (non-hydrogen) atoms. The Morgan fingerprint density at radius 2 is 1.86 bits per heavy atom. The van der Waals surface area contributed by atoms with Crippen molar-refractivity contribution in [3.05, 3.63) is 70.8 Å². The molecule has 1 amide bonds. The summed E-state index contributed by atoms with van der Waals surface area (Å²) in [5, 5.41) is 7.18. The van der Waals surface area contributed by atoms with Crippen LogP contribution in [-0.2, 0) is 9.53 Å². The van der Waals surface area contributed by atoms with Crippen LogP contribution in [-0.4, -0.2) is 32.7 Å². The van der Waals surface area contributed by atoms with Crippen molar-refractivity contribution in [3.8, 4) is 5.69 Å². The fourth-order valence-corrected chi connectivity index (χ4v) is 2.91. The number of hydrogen-bond acceptors (Lipinski definition) is 5. The van der Waals surface area contributed by atoms with Crippen LogP contribution in [0.1, 0.15) is 28.7 Å². The van der Waals surface area contributed by atoms with Gasteiger partial charge in [-0.3, -0.25) is 4.79 Å². The van der Waals surface area contributed by atoms with Crippen LogP contribution in [0.4, 0.5) is 5.69 Å². The Kier molecular flexibility index (Phi) is 5.75. The third-order valence-electron chi connectivity index (χ3n) is 4.17. The zero-order valence-electron chi connectivity index (χ0n) is 15.6. The van der Waals surface area contributed by atoms with Crippen molar-refractivity contribution in [3.63, 3.8) is 0 Å². The first-order valence-corrected chi connectivity index (χ1v) is 9.00. The summed E-state index contributed by atoms with van der Waals surface area (Å²) in [5.74, 6) is -1.12. The summed E-state index contributed by atoms with van der Waals surface area (Å²) < 4.78 is 7.03. The van der Waals surface area contributed by atoms with E-state index in [4.69, 9.17) is 16.3 Å². The number of para-hydroxylation sites is 1. The molecule has 2 heterocycles. The summed E-state index contributed by atoms with van der Waals surface area (Å²) in [6, 6.07) is 12.7. The van der Waals surface area contributed by atoms with Gasteiger partial charge in [0.1, 0.15) is 5.56 Å². The van der Waals surface area contributed by atoms with E-state index in [9.17, 15) is 9.59 Å². The second-order valence-corrected chi connectivity index (χ2v) is 6.53. The van der Waals surface area contributed by atoms with Crippen molar-refractivity contribution in [1.29, 1.82) is 0 Å². The molecule has 1 N–H and O–H groups in total. The van der Waals surface area contributed by atoms with Crippen molar-refractivity contribution in [2.75, 3.05) is 5.32 Å². The van der Waals surface area contributed by atoms with Crippen molar-refractivity contribution in [2.45, 2.75) is 26.9 Å². The van der Waals surface area contributed by atoms with E-state index >= 15 is 0 Å². The maximum atomic E-state index is 12.7. The lowest BCUT2D eigenvalue weighted by Crippen LogP contribution is -2.30. The number of nitrogens with zero attached hydrogens (tertiary/aromatic N) is 3. The standard InChI is InChI=1S/C20H19ClN4O3/c1-12-17(13(2)25(24-12)15-8-5-4-6-9-15)20(27)28-14(3)19(26)23-16-10-7-11-22-18(16)21/h4-11,14H,1-3H3,(H,23,26)/t14-/m1/s1. The molecule has 1 atom stereocenters. The maximum absolute atomic E-state index is 12.7. The van der Waals surface area contributed by atoms with Gasteiger partial charge in [-0.15, -0.1) is 0 Å². The van der Waals surface area contributed by atoms with Gasteiger partial charge in [0.15, 0.2) is 11.3 Å². The average molecular weight is 399 g/mol. The highest BCUT2D eigenvalue weighted by atomic mass is 35.5. The van der Waals surface area contributed by atoms with Crippen LogP contribution >= 0.6 is 11.6 Å². The van der Waals surface area contributed by atoms with Crippen molar-refractivity contribution in [2.24, 2.45) is 0 Å². The molecule has 0 radical (unpaired) electrons. The Balaban J connectivity index is 1.75. The van der Waals surface area contributed by atoms with E-state index in [0.29, 0.717) is 22.6 Å². The smallest absolute Gasteiger partial charge is 0.342 e. The number of pyridine rings is 1. The molecule has 3 rings (SSSR count). The lowest BCUT2D eigenvalue weighted by molar-refractivity contribution is -0.123. The number of carbonyl (C=O) groups excluding carboxylic acids is 2. The number of anilines is 1. The predicted molar refractivity (Wildman–Crippen MR) is 106 cm³/mol. The van der Waals surface area contributed by atoms with Crippen LogP contribution < -0.4 is 5.32 Å². The number of hydrogen-bond donors (Lipinski definition) is 1. The lowest BCUT2D eigenvalue weighted by atomic mass is 10.2. The Hall–Kier alpha value is -3.19. The highest BCUT2D eigenvalue weighted by Crippen LogP contribution is 2.21. The summed E-state index contributed by atoms with van der Waals surface area (Å²) in [6.07, 6.45) is 0.486. The topological polar surface area (TPSA) is 86.1 Å². The van der Waals surface area contributed by atoms with E-state index in [1.807, 2.05) is 30.3 Å². The van der Waals surface area contributed by atoms with E-state index < -0.39 is 18.0 Å². The van der Waals surface area contributed by atoms with Gasteiger partial charge in [0, 0.05) is 6.20 Å². The number of aryl methyl sites for hydroxylation is 1. The van der Waals surface area contributed by atoms with Gasteiger partial charge in [0.05, 0.1) is 22.8 Å². The van der Waals surface area contributed by atoms with E-state index in [1.54, 1.807) is 30.7 Å². The third kappa shape index (κ3) is 4.04. The second-order valence-electron chi connectivity index (χ2n) is 6.17. The second kappa shape index (κ2) is 8.22. The quantitative estimate of drug-likeness (QED) is 0.523. The normalized spacial score (nSPS) is 11.7. The fraction of sp³-hybridized carbons (Fsp3) is 0.200. The molecule has 0 unspecified atom stereocenters. The summed E-state index contributed by atoms with van der Waals surface area (Å²) in [6.45, 7) is 5.00. The average Bonchev–Trinajstić information content (AvgIpc) is 2.98. The molecule has 1 aromatic carbocycles. The molecule has 0 bridgehead atoms. The molecule has 0 aliphatic rings. The van der Waals surface area contributed by atoms with Crippen LogP contribution in [0.25, 0.3) is 5.69 Å². The number of ether oxygens (including phenoxy) is 1. The highest BCUT2D eigenvalue weighted by Gasteiger charge is 2.25. The molecule has 0 aliphatic heterocycles. The maximum Gasteiger partial charge on any atom is 0.342 e. The highest BCUT2D eigenvalue weighted by molar-refractivity contribution is 6.32. The number of carbonyl (C=O) groups is 2. The lowest BCUT2D eigenvalue weighted by Gasteiger charge is -2.14. The first-order valence-electron chi connectivity index (χ1n) is 8.62. The molecule has 3 aromatic rings. The summed E-state index contributed by atoms with van der Waals surface area (Å²) >= 11 is 5.93. The van der Waals surface area contributed by atoms with Gasteiger partial charge in [-0.2, -0.15) is 5.10 Å². The van der Waals surface area contributed by atoms with Gasteiger partial charge in [-0.1, -0.05) is 29.8 Å². The zero-order chi connectivity index (χ0) is 20.3. The van der Waals surface area contributed by atoms with Gasteiger partial charge in [0.25, 0.3) is 5.91 Å². The summed E-state index contributed by atoms with van der Waals surface area (Å²) in [4.78, 5) is 28.9. The largest absolute Gasteiger partial charge is 0.449 e. The molecular formula is C20H19ClN4O3. The number of amides is 1. The summed E-state index contributed by atoms with van der Waals surface area (Å²) in [5.41, 5.74) is 2.68. The number of esters is 1. The van der Waals surface area contributed by atoms with Crippen molar-refractivity contribution < 1.29 is 14.3 Å². The molecule has 2 aromatic heterocycles. The Bertz CT molecular complexity index is 1020. The molecule has 7 nitrogen and oxygen atoms in total. The SMILES string of the molecule is Cc1nn(-c2ccccc2)c(C)c1C(=O)O[C@H](C)C(=O)Nc1cccnc1Cl. The molecule has 144 valence electrons. The summed E-state index contributed by atoms with van der Waals surface area (Å²) in [7, 11) is 0. The van der Waals surface area contributed by atoms with Crippen LogP contribution in [0.2, 0.25) is 5.15 Å². The molecule has 0 spiro atoms. The fourth-order valence-electron chi connectivity index (χ4n) is 2.75. The molecule has 0 fully saturated rings. The predicted octanol–water partition coefficient (Wildman–Crippen LogP) is 3.72. The van der Waals surface area contributed by atoms with Crippen molar-refractivity contribution in [1.82, 2.24) is 14.8 Å². The van der Waals surface area contributed by atoms with Gasteiger partial charge >= 0.3 is 5.97 Å². The van der Waals surface area contributed by atoms with Crippen LogP contribution in [0, 0.1) is 13.8 Å². The first kappa shape index (κ1) is 19.6. The molecule has 0 aliphatic carbocycles. The van der Waals surface area contributed by atoms with Gasteiger partial charge in [-0.25, -0.2) is 14.5 Å². The van der Waals surface area contributed by atoms with Crippen LogP contribution in [0.3, 0.4) is 0 Å². The molecule has 0 saturated carbocycles. The number of halogens is 1. The number of aromatic nitrogens is 3. The van der Waals surface area contributed by atoms with E-state index in [-0.39, 0.29) is 5.15 Å². The van der Waals surface area contributed by atoms with Crippen LogP contribution in [0.5, 0.6) is 0 Å². The number of benzene rings is 1. The minimum atomic E-state index is -1.03. The third-order valence-corrected chi connectivity index (χ3v) is 4.47. The monoisotopic (exact) mass is 398 g/mol. The Morgan fingerprint density at radius 3 is 2.54 bits per heavy atom. The van der Waals surface area contributed by atoms with Crippen LogP contribution in [0.15, 0.2) is 48.7 Å². The minimum absolute atomic E-state index is 0.158.